The second kappa shape index (κ2) is 9.41. The minimum Gasteiger partial charge on any atom is -0.465 e. The molecule has 0 aromatic heterocycles. The minimum absolute atomic E-state index is 0.0937. The van der Waals surface area contributed by atoms with E-state index in [4.69, 9.17) is 9.16 Å². The van der Waals surface area contributed by atoms with E-state index in [2.05, 4.69) is 41.5 Å². The molecule has 5 heteroatoms. The lowest BCUT2D eigenvalue weighted by molar-refractivity contribution is -0.152. The van der Waals surface area contributed by atoms with Gasteiger partial charge in [-0.3, -0.25) is 9.59 Å². The van der Waals surface area contributed by atoms with Gasteiger partial charge in [-0.05, 0) is 42.0 Å². The standard InChI is InChI=1S/C26H38O4Si/c1-8-29-26(28)24-23-20(22(25(24)27)19-12-10-9-11-13-19)14-15-21(23)30-31(16(2)3,17(4)5)18(6)7/h9-13,16-18,21,23-24H,8,14-15H2,1-7H3/t21-,23-,24-/m1/s1. The molecule has 4 nitrogen and oxygen atoms in total. The van der Waals surface area contributed by atoms with Crippen LogP contribution in [0.2, 0.25) is 16.6 Å². The molecule has 1 aromatic carbocycles. The Kier molecular flexibility index (Phi) is 7.27. The van der Waals surface area contributed by atoms with Crippen LogP contribution in [-0.2, 0) is 18.8 Å². The summed E-state index contributed by atoms with van der Waals surface area (Å²) >= 11 is 0. The molecule has 2 aliphatic carbocycles. The molecule has 31 heavy (non-hydrogen) atoms. The van der Waals surface area contributed by atoms with Crippen LogP contribution < -0.4 is 0 Å². The molecule has 0 radical (unpaired) electrons. The summed E-state index contributed by atoms with van der Waals surface area (Å²) in [5.41, 5.74) is 4.07. The highest BCUT2D eigenvalue weighted by atomic mass is 28.4. The van der Waals surface area contributed by atoms with Crippen LogP contribution in [0.25, 0.3) is 5.57 Å². The Morgan fingerprint density at radius 1 is 1.03 bits per heavy atom. The van der Waals surface area contributed by atoms with Crippen molar-refractivity contribution < 1.29 is 18.8 Å². The van der Waals surface area contributed by atoms with Crippen molar-refractivity contribution in [2.45, 2.75) is 84.0 Å². The normalized spacial score (nSPS) is 23.9. The van der Waals surface area contributed by atoms with Gasteiger partial charge in [0.15, 0.2) is 5.78 Å². The van der Waals surface area contributed by atoms with Gasteiger partial charge in [-0.15, -0.1) is 0 Å². The highest BCUT2D eigenvalue weighted by Crippen LogP contribution is 2.53. The van der Waals surface area contributed by atoms with Gasteiger partial charge in [-0.1, -0.05) is 77.4 Å². The molecule has 0 heterocycles. The highest BCUT2D eigenvalue weighted by molar-refractivity contribution is 6.77. The summed E-state index contributed by atoms with van der Waals surface area (Å²) in [6.45, 7) is 15.7. The topological polar surface area (TPSA) is 52.6 Å². The van der Waals surface area contributed by atoms with E-state index in [1.54, 1.807) is 6.92 Å². The molecular formula is C26H38O4Si. The number of carbonyl (C=O) groups excluding carboxylic acids is 2. The second-order valence-corrected chi connectivity index (χ2v) is 15.3. The molecule has 0 unspecified atom stereocenters. The molecule has 170 valence electrons. The van der Waals surface area contributed by atoms with Crippen molar-refractivity contribution in [1.82, 2.24) is 0 Å². The number of Topliss-reactive ketones (excluding diaryl/α,β-unsaturated/α-hetero) is 1. The molecule has 2 aliphatic rings. The number of ether oxygens (including phenoxy) is 1. The fraction of sp³-hybridized carbons (Fsp3) is 0.615. The number of hydrogen-bond acceptors (Lipinski definition) is 4. The quantitative estimate of drug-likeness (QED) is 0.274. The number of esters is 1. The highest BCUT2D eigenvalue weighted by Gasteiger charge is 2.56. The maximum absolute atomic E-state index is 13.5. The van der Waals surface area contributed by atoms with Crippen molar-refractivity contribution in [3.8, 4) is 0 Å². The summed E-state index contributed by atoms with van der Waals surface area (Å²) in [5, 5.41) is 0. The Morgan fingerprint density at radius 3 is 2.13 bits per heavy atom. The Bertz CT molecular complexity index is 818. The minimum atomic E-state index is -2.14. The average Bonchev–Trinajstić information content (AvgIpc) is 3.22. The first-order valence-electron chi connectivity index (χ1n) is 11.8. The first-order chi connectivity index (χ1) is 14.7. The molecule has 3 rings (SSSR count). The van der Waals surface area contributed by atoms with Crippen molar-refractivity contribution >= 4 is 25.6 Å². The summed E-state index contributed by atoms with van der Waals surface area (Å²) in [5.74, 6) is -1.48. The van der Waals surface area contributed by atoms with E-state index in [0.717, 1.165) is 29.6 Å². The van der Waals surface area contributed by atoms with Gasteiger partial charge in [0.2, 0.25) is 8.32 Å². The largest absolute Gasteiger partial charge is 0.465 e. The molecule has 1 saturated carbocycles. The van der Waals surface area contributed by atoms with Crippen molar-refractivity contribution in [3.63, 3.8) is 0 Å². The zero-order valence-electron chi connectivity index (χ0n) is 20.1. The van der Waals surface area contributed by atoms with Crippen LogP contribution in [0.15, 0.2) is 35.9 Å². The van der Waals surface area contributed by atoms with Crippen LogP contribution in [0, 0.1) is 11.8 Å². The first-order valence-corrected chi connectivity index (χ1v) is 14.0. The van der Waals surface area contributed by atoms with E-state index in [1.165, 1.54) is 0 Å². The van der Waals surface area contributed by atoms with Gasteiger partial charge < -0.3 is 9.16 Å². The number of hydrogen-bond donors (Lipinski definition) is 0. The van der Waals surface area contributed by atoms with E-state index in [9.17, 15) is 9.59 Å². The van der Waals surface area contributed by atoms with Crippen LogP contribution in [0.1, 0.15) is 66.9 Å². The molecule has 0 bridgehead atoms. The number of allylic oxidation sites excluding steroid dienone is 1. The lowest BCUT2D eigenvalue weighted by Gasteiger charge is -2.45. The number of carbonyl (C=O) groups is 2. The predicted octanol–water partition coefficient (Wildman–Crippen LogP) is 6.17. The van der Waals surface area contributed by atoms with Gasteiger partial charge in [0.25, 0.3) is 0 Å². The molecule has 3 atom stereocenters. The van der Waals surface area contributed by atoms with Crippen molar-refractivity contribution in [3.05, 3.63) is 41.5 Å². The third-order valence-electron chi connectivity index (χ3n) is 7.38. The first kappa shape index (κ1) is 23.9. The predicted molar refractivity (Wildman–Crippen MR) is 127 cm³/mol. The van der Waals surface area contributed by atoms with E-state index in [-0.39, 0.29) is 24.4 Å². The number of fused-ring (bicyclic) bond motifs is 1. The zero-order valence-corrected chi connectivity index (χ0v) is 21.1. The van der Waals surface area contributed by atoms with Gasteiger partial charge in [-0.2, -0.15) is 0 Å². The Balaban J connectivity index is 2.06. The van der Waals surface area contributed by atoms with Crippen LogP contribution in [0.3, 0.4) is 0 Å². The summed E-state index contributed by atoms with van der Waals surface area (Å²) in [4.78, 5) is 26.5. The molecule has 0 saturated heterocycles. The van der Waals surface area contributed by atoms with Gasteiger partial charge >= 0.3 is 5.97 Å². The zero-order chi connectivity index (χ0) is 22.9. The number of rotatable bonds is 8. The fourth-order valence-electron chi connectivity index (χ4n) is 6.27. The monoisotopic (exact) mass is 442 g/mol. The molecule has 0 spiro atoms. The van der Waals surface area contributed by atoms with Crippen molar-refractivity contribution in [1.29, 1.82) is 0 Å². The van der Waals surface area contributed by atoms with E-state index < -0.39 is 20.2 Å². The molecule has 0 N–H and O–H groups in total. The van der Waals surface area contributed by atoms with Crippen LogP contribution >= 0.6 is 0 Å². The third-order valence-corrected chi connectivity index (χ3v) is 13.5. The third kappa shape index (κ3) is 4.07. The molecular weight excluding hydrogens is 404 g/mol. The van der Waals surface area contributed by atoms with E-state index in [1.807, 2.05) is 30.3 Å². The maximum atomic E-state index is 13.5. The lowest BCUT2D eigenvalue weighted by atomic mass is 9.90. The fourth-order valence-corrected chi connectivity index (χ4v) is 11.9. The smallest absolute Gasteiger partial charge is 0.317 e. The van der Waals surface area contributed by atoms with Crippen LogP contribution in [-0.4, -0.2) is 32.8 Å². The van der Waals surface area contributed by atoms with Crippen molar-refractivity contribution in [2.75, 3.05) is 6.61 Å². The second-order valence-electron chi connectivity index (χ2n) is 9.90. The SMILES string of the molecule is CCOC(=O)[C@H]1C(=O)C(c2ccccc2)=C2CC[C@@H](O[Si](C(C)C)(C(C)C)C(C)C)[C@@H]21. The average molecular weight is 443 g/mol. The number of benzene rings is 1. The van der Waals surface area contributed by atoms with Gasteiger partial charge in [0.05, 0.1) is 12.7 Å². The van der Waals surface area contributed by atoms with E-state index in [0.29, 0.717) is 16.6 Å². The molecule has 0 aliphatic heterocycles. The Morgan fingerprint density at radius 2 is 1.61 bits per heavy atom. The lowest BCUT2D eigenvalue weighted by Crippen LogP contribution is -2.51. The Hall–Kier alpha value is -1.72. The summed E-state index contributed by atoms with van der Waals surface area (Å²) in [6, 6.07) is 9.77. The van der Waals surface area contributed by atoms with Gasteiger partial charge in [0.1, 0.15) is 5.92 Å². The Labute approximate surface area is 188 Å². The summed E-state index contributed by atoms with van der Waals surface area (Å²) in [6.07, 6.45) is 1.56. The molecule has 0 amide bonds. The van der Waals surface area contributed by atoms with E-state index >= 15 is 0 Å². The summed E-state index contributed by atoms with van der Waals surface area (Å²) < 4.78 is 12.5. The molecule has 1 aromatic rings. The maximum Gasteiger partial charge on any atom is 0.317 e. The van der Waals surface area contributed by atoms with Crippen molar-refractivity contribution in [2.24, 2.45) is 11.8 Å². The van der Waals surface area contributed by atoms with Crippen LogP contribution in [0.5, 0.6) is 0 Å². The van der Waals surface area contributed by atoms with Gasteiger partial charge in [0, 0.05) is 11.5 Å². The summed E-state index contributed by atoms with van der Waals surface area (Å²) in [7, 11) is -2.14. The van der Waals surface area contributed by atoms with Crippen LogP contribution in [0.4, 0.5) is 0 Å². The molecule has 1 fully saturated rings. The number of ketones is 1. The van der Waals surface area contributed by atoms with Gasteiger partial charge in [-0.25, -0.2) is 0 Å².